The van der Waals surface area contributed by atoms with Gasteiger partial charge in [0.25, 0.3) is 5.91 Å². The third-order valence-corrected chi connectivity index (χ3v) is 4.46. The summed E-state index contributed by atoms with van der Waals surface area (Å²) in [6.07, 6.45) is 0. The molecule has 1 aromatic carbocycles. The molecule has 0 aliphatic rings. The summed E-state index contributed by atoms with van der Waals surface area (Å²) in [5.41, 5.74) is 2.93. The van der Waals surface area contributed by atoms with Gasteiger partial charge in [-0.15, -0.1) is 10.2 Å². The van der Waals surface area contributed by atoms with Crippen LogP contribution in [0.1, 0.15) is 16.2 Å². The Morgan fingerprint density at radius 2 is 1.81 bits per heavy atom. The number of aryl methyl sites for hydroxylation is 2. The van der Waals surface area contributed by atoms with Crippen molar-refractivity contribution in [3.05, 3.63) is 52.3 Å². The van der Waals surface area contributed by atoms with E-state index in [1.165, 1.54) is 0 Å². The van der Waals surface area contributed by atoms with Gasteiger partial charge >= 0.3 is 0 Å². The number of anilines is 2. The Hall–Kier alpha value is -2.74. The van der Waals surface area contributed by atoms with Gasteiger partial charge in [0.1, 0.15) is 5.82 Å². The highest BCUT2D eigenvalue weighted by Gasteiger charge is 2.19. The predicted molar refractivity (Wildman–Crippen MR) is 105 cm³/mol. The maximum Gasteiger partial charge on any atom is 0.277 e. The van der Waals surface area contributed by atoms with Crippen LogP contribution >= 0.6 is 15.9 Å². The highest BCUT2D eigenvalue weighted by molar-refractivity contribution is 9.10. The van der Waals surface area contributed by atoms with Crippen LogP contribution in [-0.2, 0) is 7.05 Å². The minimum Gasteiger partial charge on any atom is -0.361 e. The van der Waals surface area contributed by atoms with Gasteiger partial charge in [-0.25, -0.2) is 0 Å². The van der Waals surface area contributed by atoms with Crippen LogP contribution in [0.25, 0.3) is 11.1 Å². The summed E-state index contributed by atoms with van der Waals surface area (Å²) < 4.78 is 2.65. The van der Waals surface area contributed by atoms with Crippen LogP contribution in [0.5, 0.6) is 0 Å². The zero-order valence-corrected chi connectivity index (χ0v) is 16.6. The van der Waals surface area contributed by atoms with Gasteiger partial charge in [-0.1, -0.05) is 28.1 Å². The number of benzene rings is 1. The van der Waals surface area contributed by atoms with Gasteiger partial charge in [-0.05, 0) is 36.8 Å². The first-order valence-corrected chi connectivity index (χ1v) is 8.78. The summed E-state index contributed by atoms with van der Waals surface area (Å²) in [6.45, 7) is 1.92. The first-order chi connectivity index (χ1) is 12.4. The molecule has 0 radical (unpaired) electrons. The number of aromatic nitrogens is 4. The monoisotopic (exact) mass is 414 g/mol. The Morgan fingerprint density at radius 3 is 2.38 bits per heavy atom. The Kier molecular flexibility index (Phi) is 5.03. The lowest BCUT2D eigenvalue weighted by molar-refractivity contribution is 0.102. The summed E-state index contributed by atoms with van der Waals surface area (Å²) in [7, 11) is 5.53. The minimum atomic E-state index is -0.329. The molecule has 0 fully saturated rings. The van der Waals surface area contributed by atoms with E-state index in [-0.39, 0.29) is 11.6 Å². The number of carbonyl (C=O) groups is 1. The molecule has 2 aromatic heterocycles. The second-order valence-electron chi connectivity index (χ2n) is 6.06. The Balaban J connectivity index is 1.92. The van der Waals surface area contributed by atoms with Crippen molar-refractivity contribution in [2.75, 3.05) is 24.3 Å². The van der Waals surface area contributed by atoms with E-state index in [0.29, 0.717) is 11.6 Å². The number of hydrogen-bond acceptors (Lipinski definition) is 5. The van der Waals surface area contributed by atoms with Crippen molar-refractivity contribution in [2.24, 2.45) is 7.05 Å². The molecule has 8 heteroatoms. The molecule has 2 heterocycles. The molecular formula is C18H19BrN6O. The average Bonchev–Trinajstić information content (AvgIpc) is 2.89. The Labute approximate surface area is 160 Å². The third kappa shape index (κ3) is 3.60. The van der Waals surface area contributed by atoms with Gasteiger partial charge < -0.3 is 10.2 Å². The summed E-state index contributed by atoms with van der Waals surface area (Å²) in [6, 6.07) is 11.3. The number of nitrogens with one attached hydrogen (secondary N) is 1. The van der Waals surface area contributed by atoms with Crippen molar-refractivity contribution in [3.63, 3.8) is 0 Å². The first kappa shape index (κ1) is 18.1. The van der Waals surface area contributed by atoms with Crippen LogP contribution in [0.15, 0.2) is 40.9 Å². The van der Waals surface area contributed by atoms with E-state index >= 15 is 0 Å². The van der Waals surface area contributed by atoms with E-state index in [4.69, 9.17) is 0 Å². The molecule has 0 aliphatic carbocycles. The molecule has 1 amide bonds. The van der Waals surface area contributed by atoms with E-state index in [9.17, 15) is 4.79 Å². The molecule has 0 atom stereocenters. The standard InChI is InChI=1S/C18H19BrN6O/c1-11-16(12-5-7-13(19)8-6-12)17(25(4)23-11)20-18(26)14-9-10-15(22-21-14)24(2)3/h5-10H,1-4H3,(H,20,26). The molecule has 3 rings (SSSR count). The molecule has 26 heavy (non-hydrogen) atoms. The van der Waals surface area contributed by atoms with E-state index in [0.717, 1.165) is 21.3 Å². The second kappa shape index (κ2) is 7.25. The zero-order chi connectivity index (χ0) is 18.8. The van der Waals surface area contributed by atoms with Crippen LogP contribution in [0, 0.1) is 6.92 Å². The van der Waals surface area contributed by atoms with Crippen molar-refractivity contribution < 1.29 is 4.79 Å². The summed E-state index contributed by atoms with van der Waals surface area (Å²) in [5.74, 6) is 0.978. The van der Waals surface area contributed by atoms with E-state index in [1.54, 1.807) is 23.9 Å². The topological polar surface area (TPSA) is 75.9 Å². The number of amides is 1. The smallest absolute Gasteiger partial charge is 0.277 e. The zero-order valence-electron chi connectivity index (χ0n) is 15.0. The van der Waals surface area contributed by atoms with Gasteiger partial charge in [-0.3, -0.25) is 9.48 Å². The molecular weight excluding hydrogens is 396 g/mol. The molecule has 0 bridgehead atoms. The molecule has 0 saturated heterocycles. The number of halogens is 1. The fourth-order valence-electron chi connectivity index (χ4n) is 2.62. The number of nitrogens with zero attached hydrogens (tertiary/aromatic N) is 5. The van der Waals surface area contributed by atoms with E-state index in [2.05, 4.69) is 36.5 Å². The Bertz CT molecular complexity index is 932. The largest absolute Gasteiger partial charge is 0.361 e. The lowest BCUT2D eigenvalue weighted by Gasteiger charge is -2.11. The van der Waals surface area contributed by atoms with Crippen LogP contribution in [0.4, 0.5) is 11.6 Å². The van der Waals surface area contributed by atoms with Gasteiger partial charge in [-0.2, -0.15) is 5.10 Å². The highest BCUT2D eigenvalue weighted by atomic mass is 79.9. The fraction of sp³-hybridized carbons (Fsp3) is 0.222. The molecule has 1 N–H and O–H groups in total. The molecule has 0 unspecified atom stereocenters. The Morgan fingerprint density at radius 1 is 1.12 bits per heavy atom. The number of rotatable bonds is 4. The predicted octanol–water partition coefficient (Wildman–Crippen LogP) is 3.27. The quantitative estimate of drug-likeness (QED) is 0.708. The van der Waals surface area contributed by atoms with E-state index < -0.39 is 0 Å². The lowest BCUT2D eigenvalue weighted by Crippen LogP contribution is -2.18. The molecule has 0 spiro atoms. The molecule has 0 aliphatic heterocycles. The summed E-state index contributed by atoms with van der Waals surface area (Å²) >= 11 is 3.44. The van der Waals surface area contributed by atoms with Crippen molar-refractivity contribution in [3.8, 4) is 11.1 Å². The second-order valence-corrected chi connectivity index (χ2v) is 6.98. The van der Waals surface area contributed by atoms with Crippen molar-refractivity contribution >= 4 is 33.5 Å². The summed E-state index contributed by atoms with van der Waals surface area (Å²) in [4.78, 5) is 14.4. The maximum absolute atomic E-state index is 12.6. The van der Waals surface area contributed by atoms with Gasteiger partial charge in [0.15, 0.2) is 11.5 Å². The lowest BCUT2D eigenvalue weighted by atomic mass is 10.1. The molecule has 134 valence electrons. The number of hydrogen-bond donors (Lipinski definition) is 1. The first-order valence-electron chi connectivity index (χ1n) is 7.98. The van der Waals surface area contributed by atoms with Crippen molar-refractivity contribution in [1.29, 1.82) is 0 Å². The van der Waals surface area contributed by atoms with Crippen molar-refractivity contribution in [1.82, 2.24) is 20.0 Å². The van der Waals surface area contributed by atoms with Gasteiger partial charge in [0.05, 0.1) is 5.69 Å². The van der Waals surface area contributed by atoms with E-state index in [1.807, 2.05) is 50.2 Å². The van der Waals surface area contributed by atoms with Crippen LogP contribution in [0.2, 0.25) is 0 Å². The van der Waals surface area contributed by atoms with Crippen LogP contribution in [0.3, 0.4) is 0 Å². The van der Waals surface area contributed by atoms with Crippen LogP contribution in [-0.4, -0.2) is 40.0 Å². The molecule has 0 saturated carbocycles. The normalized spacial score (nSPS) is 10.7. The number of carbonyl (C=O) groups excluding carboxylic acids is 1. The fourth-order valence-corrected chi connectivity index (χ4v) is 2.88. The minimum absolute atomic E-state index is 0.246. The van der Waals surface area contributed by atoms with Gasteiger partial charge in [0, 0.05) is 31.2 Å². The maximum atomic E-state index is 12.6. The highest BCUT2D eigenvalue weighted by Crippen LogP contribution is 2.32. The van der Waals surface area contributed by atoms with Gasteiger partial charge in [0.2, 0.25) is 0 Å². The third-order valence-electron chi connectivity index (χ3n) is 3.93. The SMILES string of the molecule is Cc1nn(C)c(NC(=O)c2ccc(N(C)C)nn2)c1-c1ccc(Br)cc1. The molecule has 7 nitrogen and oxygen atoms in total. The molecule has 3 aromatic rings. The summed E-state index contributed by atoms with van der Waals surface area (Å²) in [5, 5.41) is 15.4. The van der Waals surface area contributed by atoms with Crippen molar-refractivity contribution in [2.45, 2.75) is 6.92 Å². The van der Waals surface area contributed by atoms with Crippen LogP contribution < -0.4 is 10.2 Å². The average molecular weight is 415 g/mol.